The zero-order valence-corrected chi connectivity index (χ0v) is 13.2. The summed E-state index contributed by atoms with van der Waals surface area (Å²) >= 11 is 0. The first-order valence-electron chi connectivity index (χ1n) is 8.55. The van der Waals surface area contributed by atoms with Gasteiger partial charge in [-0.05, 0) is 12.8 Å². The lowest BCUT2D eigenvalue weighted by Crippen LogP contribution is -2.22. The van der Waals surface area contributed by atoms with Crippen molar-refractivity contribution in [2.24, 2.45) is 5.92 Å². The van der Waals surface area contributed by atoms with E-state index in [4.69, 9.17) is 0 Å². The number of unbranched alkanes of at least 4 members (excludes halogenated alkanes) is 9. The maximum atomic E-state index is 9.70. The van der Waals surface area contributed by atoms with Crippen molar-refractivity contribution in [2.75, 3.05) is 6.61 Å². The van der Waals surface area contributed by atoms with E-state index in [9.17, 15) is 10.2 Å². The van der Waals surface area contributed by atoms with Gasteiger partial charge in [-0.3, -0.25) is 0 Å². The molecule has 0 fully saturated rings. The fourth-order valence-corrected chi connectivity index (χ4v) is 2.63. The van der Waals surface area contributed by atoms with Crippen LogP contribution in [0.5, 0.6) is 0 Å². The van der Waals surface area contributed by atoms with E-state index in [1.54, 1.807) is 0 Å². The summed E-state index contributed by atoms with van der Waals surface area (Å²) in [6, 6.07) is 0. The SMILES string of the molecule is CCCCCCCCCCCCC(CO)C(O)CC. The lowest BCUT2D eigenvalue weighted by atomic mass is 9.94. The van der Waals surface area contributed by atoms with Crippen LogP contribution in [0.25, 0.3) is 0 Å². The molecule has 0 aromatic carbocycles. The summed E-state index contributed by atoms with van der Waals surface area (Å²) in [7, 11) is 0. The van der Waals surface area contributed by atoms with Gasteiger partial charge >= 0.3 is 0 Å². The second-order valence-corrected chi connectivity index (χ2v) is 5.89. The highest BCUT2D eigenvalue weighted by atomic mass is 16.3. The fraction of sp³-hybridized carbons (Fsp3) is 1.00. The minimum atomic E-state index is -0.316. The van der Waals surface area contributed by atoms with Gasteiger partial charge in [0.2, 0.25) is 0 Å². The Hall–Kier alpha value is -0.0800. The maximum absolute atomic E-state index is 9.70. The van der Waals surface area contributed by atoms with Crippen LogP contribution in [-0.4, -0.2) is 22.9 Å². The zero-order chi connectivity index (χ0) is 14.3. The van der Waals surface area contributed by atoms with Gasteiger partial charge in [0.1, 0.15) is 0 Å². The number of hydrogen-bond donors (Lipinski definition) is 2. The second-order valence-electron chi connectivity index (χ2n) is 5.89. The lowest BCUT2D eigenvalue weighted by molar-refractivity contribution is 0.0582. The summed E-state index contributed by atoms with van der Waals surface area (Å²) in [6.45, 7) is 4.37. The van der Waals surface area contributed by atoms with Gasteiger partial charge in [0.15, 0.2) is 0 Å². The molecule has 0 aromatic rings. The molecule has 2 heteroatoms. The molecule has 0 aromatic heterocycles. The Bertz CT molecular complexity index is 171. The quantitative estimate of drug-likeness (QED) is 0.451. The maximum Gasteiger partial charge on any atom is 0.0587 e. The molecule has 0 radical (unpaired) electrons. The standard InChI is InChI=1S/C17H36O2/c1-3-5-6-7-8-9-10-11-12-13-14-16(15-18)17(19)4-2/h16-19H,3-15H2,1-2H3. The fourth-order valence-electron chi connectivity index (χ4n) is 2.63. The van der Waals surface area contributed by atoms with E-state index in [0.717, 1.165) is 19.3 Å². The zero-order valence-electron chi connectivity index (χ0n) is 13.2. The molecule has 0 amide bonds. The van der Waals surface area contributed by atoms with E-state index in [0.29, 0.717) is 0 Å². The van der Waals surface area contributed by atoms with Crippen molar-refractivity contribution in [3.63, 3.8) is 0 Å². The molecule has 0 bridgehead atoms. The molecule has 0 rings (SSSR count). The lowest BCUT2D eigenvalue weighted by Gasteiger charge is -2.19. The van der Waals surface area contributed by atoms with Crippen molar-refractivity contribution in [1.29, 1.82) is 0 Å². The molecule has 0 saturated heterocycles. The van der Waals surface area contributed by atoms with E-state index < -0.39 is 0 Å². The van der Waals surface area contributed by atoms with Gasteiger partial charge in [0.25, 0.3) is 0 Å². The number of aliphatic hydroxyl groups excluding tert-OH is 2. The van der Waals surface area contributed by atoms with Crippen molar-refractivity contribution < 1.29 is 10.2 Å². The van der Waals surface area contributed by atoms with Gasteiger partial charge < -0.3 is 10.2 Å². The molecule has 2 atom stereocenters. The van der Waals surface area contributed by atoms with Gasteiger partial charge in [-0.1, -0.05) is 78.1 Å². The largest absolute Gasteiger partial charge is 0.396 e. The number of aliphatic hydroxyl groups is 2. The highest BCUT2D eigenvalue weighted by molar-refractivity contribution is 4.66. The second kappa shape index (κ2) is 14.3. The summed E-state index contributed by atoms with van der Waals surface area (Å²) in [5, 5.41) is 18.9. The molecule has 19 heavy (non-hydrogen) atoms. The van der Waals surface area contributed by atoms with Crippen LogP contribution in [0.1, 0.15) is 90.9 Å². The summed E-state index contributed by atoms with van der Waals surface area (Å²) < 4.78 is 0. The van der Waals surface area contributed by atoms with E-state index in [1.165, 1.54) is 57.8 Å². The van der Waals surface area contributed by atoms with Crippen LogP contribution in [0.3, 0.4) is 0 Å². The summed E-state index contributed by atoms with van der Waals surface area (Å²) in [5.41, 5.74) is 0. The molecular formula is C17H36O2. The van der Waals surface area contributed by atoms with Crippen LogP contribution in [0.2, 0.25) is 0 Å². The Labute approximate surface area is 120 Å². The Morgan fingerprint density at radius 3 is 1.63 bits per heavy atom. The van der Waals surface area contributed by atoms with E-state index in [-0.39, 0.29) is 18.6 Å². The Balaban J connectivity index is 3.25. The third-order valence-electron chi connectivity index (χ3n) is 4.13. The van der Waals surface area contributed by atoms with Gasteiger partial charge in [-0.25, -0.2) is 0 Å². The normalized spacial score (nSPS) is 14.5. The van der Waals surface area contributed by atoms with Gasteiger partial charge in [0, 0.05) is 12.5 Å². The Morgan fingerprint density at radius 2 is 1.21 bits per heavy atom. The van der Waals surface area contributed by atoms with Crippen molar-refractivity contribution in [2.45, 2.75) is 97.0 Å². The van der Waals surface area contributed by atoms with Crippen LogP contribution in [0.4, 0.5) is 0 Å². The molecule has 2 unspecified atom stereocenters. The Morgan fingerprint density at radius 1 is 0.737 bits per heavy atom. The van der Waals surface area contributed by atoms with E-state index in [2.05, 4.69) is 6.92 Å². The smallest absolute Gasteiger partial charge is 0.0587 e. The molecule has 2 N–H and O–H groups in total. The molecule has 0 saturated carbocycles. The van der Waals surface area contributed by atoms with Crippen molar-refractivity contribution >= 4 is 0 Å². The molecule has 0 aliphatic heterocycles. The number of hydrogen-bond acceptors (Lipinski definition) is 2. The van der Waals surface area contributed by atoms with Crippen molar-refractivity contribution in [1.82, 2.24) is 0 Å². The summed E-state index contributed by atoms with van der Waals surface area (Å²) in [6.07, 6.45) is 14.8. The van der Waals surface area contributed by atoms with Crippen molar-refractivity contribution in [3.05, 3.63) is 0 Å². The highest BCUT2D eigenvalue weighted by Gasteiger charge is 2.15. The van der Waals surface area contributed by atoms with Crippen LogP contribution in [0.15, 0.2) is 0 Å². The van der Waals surface area contributed by atoms with Crippen LogP contribution >= 0.6 is 0 Å². The van der Waals surface area contributed by atoms with Crippen LogP contribution in [0, 0.1) is 5.92 Å². The summed E-state index contributed by atoms with van der Waals surface area (Å²) in [4.78, 5) is 0. The third-order valence-corrected chi connectivity index (χ3v) is 4.13. The molecule has 0 aliphatic rings. The average molecular weight is 272 g/mol. The molecule has 116 valence electrons. The third kappa shape index (κ3) is 11.4. The molecule has 0 spiro atoms. The predicted octanol–water partition coefficient (Wildman–Crippen LogP) is 4.68. The highest BCUT2D eigenvalue weighted by Crippen LogP contribution is 2.17. The first-order valence-corrected chi connectivity index (χ1v) is 8.55. The van der Waals surface area contributed by atoms with Gasteiger partial charge in [0.05, 0.1) is 6.10 Å². The molecule has 2 nitrogen and oxygen atoms in total. The van der Waals surface area contributed by atoms with Gasteiger partial charge in [-0.15, -0.1) is 0 Å². The van der Waals surface area contributed by atoms with Gasteiger partial charge in [-0.2, -0.15) is 0 Å². The number of rotatable bonds is 14. The van der Waals surface area contributed by atoms with Crippen LogP contribution in [-0.2, 0) is 0 Å². The van der Waals surface area contributed by atoms with E-state index >= 15 is 0 Å². The summed E-state index contributed by atoms with van der Waals surface area (Å²) in [5.74, 6) is 0.0963. The first kappa shape index (κ1) is 18.9. The van der Waals surface area contributed by atoms with E-state index in [1.807, 2.05) is 6.92 Å². The molecule has 0 heterocycles. The monoisotopic (exact) mass is 272 g/mol. The molecule has 0 aliphatic carbocycles. The van der Waals surface area contributed by atoms with Crippen LogP contribution < -0.4 is 0 Å². The minimum Gasteiger partial charge on any atom is -0.396 e. The topological polar surface area (TPSA) is 40.5 Å². The Kier molecular flexibility index (Phi) is 14.3. The predicted molar refractivity (Wildman–Crippen MR) is 83.3 cm³/mol. The minimum absolute atomic E-state index is 0.0963. The average Bonchev–Trinajstić information content (AvgIpc) is 2.44. The molecular weight excluding hydrogens is 236 g/mol. The van der Waals surface area contributed by atoms with Crippen molar-refractivity contribution in [3.8, 4) is 0 Å². The first-order chi connectivity index (χ1) is 9.26.